The van der Waals surface area contributed by atoms with Crippen LogP contribution in [0.5, 0.6) is 0 Å². The van der Waals surface area contributed by atoms with Crippen LogP contribution in [0, 0.1) is 5.92 Å². The van der Waals surface area contributed by atoms with Crippen LogP contribution in [-0.2, 0) is 0 Å². The summed E-state index contributed by atoms with van der Waals surface area (Å²) in [5, 5.41) is 0. The Morgan fingerprint density at radius 1 is 1.00 bits per heavy atom. The van der Waals surface area contributed by atoms with Crippen LogP contribution in [-0.4, -0.2) is 4.98 Å². The first kappa shape index (κ1) is 12.4. The zero-order chi connectivity index (χ0) is 13.1. The molecule has 1 aromatic heterocycles. The molecule has 1 aliphatic rings. The van der Waals surface area contributed by atoms with E-state index in [0.717, 1.165) is 11.6 Å². The van der Waals surface area contributed by atoms with Crippen LogP contribution in [0.2, 0.25) is 0 Å². The lowest BCUT2D eigenvalue weighted by molar-refractivity contribution is 0.460. The van der Waals surface area contributed by atoms with E-state index in [0.29, 0.717) is 5.92 Å². The largest absolute Gasteiger partial charge is 0.256 e. The monoisotopic (exact) mass is 251 g/mol. The molecule has 1 heterocycles. The molecule has 0 amide bonds. The predicted octanol–water partition coefficient (Wildman–Crippen LogP) is 5.04. The Bertz CT molecular complexity index is 509. The van der Waals surface area contributed by atoms with E-state index < -0.39 is 0 Å². The van der Waals surface area contributed by atoms with Gasteiger partial charge in [-0.25, -0.2) is 0 Å². The highest BCUT2D eigenvalue weighted by atomic mass is 14.7. The molecule has 1 aromatic carbocycles. The molecular formula is C18H21N. The van der Waals surface area contributed by atoms with Crippen molar-refractivity contribution in [2.24, 2.45) is 5.92 Å². The summed E-state index contributed by atoms with van der Waals surface area (Å²) < 4.78 is 0. The lowest BCUT2D eigenvalue weighted by Crippen LogP contribution is -2.06. The number of aromatic nitrogens is 1. The number of pyridine rings is 1. The Labute approximate surface area is 115 Å². The van der Waals surface area contributed by atoms with Crippen LogP contribution in [0.15, 0.2) is 48.7 Å². The van der Waals surface area contributed by atoms with Crippen LogP contribution in [0.4, 0.5) is 0 Å². The fourth-order valence-electron chi connectivity index (χ4n) is 3.18. The predicted molar refractivity (Wildman–Crippen MR) is 80.0 cm³/mol. The zero-order valence-corrected chi connectivity index (χ0v) is 11.5. The lowest BCUT2D eigenvalue weighted by Gasteiger charge is -2.19. The maximum absolute atomic E-state index is 4.64. The molecule has 1 nitrogen and oxygen atoms in total. The van der Waals surface area contributed by atoms with E-state index >= 15 is 0 Å². The average Bonchev–Trinajstić information content (AvgIpc) is 3.02. The van der Waals surface area contributed by atoms with Crippen molar-refractivity contribution in [1.29, 1.82) is 0 Å². The molecule has 1 saturated carbocycles. The number of nitrogens with zero attached hydrogens (tertiary/aromatic N) is 1. The normalized spacial score (nSPS) is 17.5. The Hall–Kier alpha value is -1.63. The molecule has 2 aromatic rings. The number of hydrogen-bond acceptors (Lipinski definition) is 1. The minimum absolute atomic E-state index is 0.653. The fraction of sp³-hybridized carbons (Fsp3) is 0.389. The van der Waals surface area contributed by atoms with Gasteiger partial charge in [0.25, 0.3) is 0 Å². The zero-order valence-electron chi connectivity index (χ0n) is 11.5. The van der Waals surface area contributed by atoms with E-state index in [2.05, 4.69) is 54.5 Å². The molecule has 0 N–H and O–H groups in total. The van der Waals surface area contributed by atoms with Gasteiger partial charge in [-0.3, -0.25) is 4.98 Å². The molecule has 98 valence electrons. The van der Waals surface area contributed by atoms with E-state index in [-0.39, 0.29) is 0 Å². The third-order valence-corrected chi connectivity index (χ3v) is 4.49. The second-order valence-electron chi connectivity index (χ2n) is 5.68. The van der Waals surface area contributed by atoms with Crippen molar-refractivity contribution in [1.82, 2.24) is 4.98 Å². The molecule has 1 fully saturated rings. The first-order valence-electron chi connectivity index (χ1n) is 7.36. The first-order chi connectivity index (χ1) is 9.34. The summed E-state index contributed by atoms with van der Waals surface area (Å²) in [6.45, 7) is 2.36. The molecule has 0 saturated heterocycles. The third-order valence-electron chi connectivity index (χ3n) is 4.49. The molecule has 0 radical (unpaired) electrons. The minimum Gasteiger partial charge on any atom is -0.256 e. The fourth-order valence-corrected chi connectivity index (χ4v) is 3.18. The average molecular weight is 251 g/mol. The second kappa shape index (κ2) is 5.56. The quantitative estimate of drug-likeness (QED) is 0.744. The summed E-state index contributed by atoms with van der Waals surface area (Å²) in [7, 11) is 0. The van der Waals surface area contributed by atoms with E-state index in [9.17, 15) is 0 Å². The van der Waals surface area contributed by atoms with Gasteiger partial charge in [0.2, 0.25) is 0 Å². The molecule has 1 atom stereocenters. The Morgan fingerprint density at radius 2 is 1.74 bits per heavy atom. The highest BCUT2D eigenvalue weighted by Gasteiger charge is 2.22. The molecule has 3 rings (SSSR count). The van der Waals surface area contributed by atoms with Gasteiger partial charge in [-0.15, -0.1) is 0 Å². The molecule has 19 heavy (non-hydrogen) atoms. The maximum atomic E-state index is 4.64. The van der Waals surface area contributed by atoms with Crippen molar-refractivity contribution in [3.8, 4) is 11.3 Å². The topological polar surface area (TPSA) is 12.9 Å². The van der Waals surface area contributed by atoms with Crippen molar-refractivity contribution >= 4 is 0 Å². The molecular weight excluding hydrogens is 230 g/mol. The van der Waals surface area contributed by atoms with Crippen LogP contribution in [0.3, 0.4) is 0 Å². The van der Waals surface area contributed by atoms with Gasteiger partial charge in [0, 0.05) is 11.8 Å². The van der Waals surface area contributed by atoms with Crippen molar-refractivity contribution in [2.75, 3.05) is 0 Å². The van der Waals surface area contributed by atoms with Crippen LogP contribution < -0.4 is 0 Å². The molecule has 1 aliphatic carbocycles. The number of benzene rings is 1. The number of rotatable bonds is 3. The Kier molecular flexibility index (Phi) is 3.63. The van der Waals surface area contributed by atoms with Gasteiger partial charge in [-0.1, -0.05) is 56.2 Å². The van der Waals surface area contributed by atoms with Gasteiger partial charge in [0.05, 0.1) is 5.69 Å². The van der Waals surface area contributed by atoms with Crippen LogP contribution >= 0.6 is 0 Å². The minimum atomic E-state index is 0.653. The SMILES string of the molecule is CC(c1ccc(-c2ccccc2)nc1)C1CCCC1. The van der Waals surface area contributed by atoms with Crippen molar-refractivity contribution < 1.29 is 0 Å². The van der Waals surface area contributed by atoms with Crippen molar-refractivity contribution in [3.63, 3.8) is 0 Å². The molecule has 0 spiro atoms. The molecule has 0 aliphatic heterocycles. The smallest absolute Gasteiger partial charge is 0.0702 e. The van der Waals surface area contributed by atoms with Crippen LogP contribution in [0.1, 0.15) is 44.1 Å². The molecule has 1 heteroatoms. The van der Waals surface area contributed by atoms with E-state index in [1.807, 2.05) is 6.07 Å². The van der Waals surface area contributed by atoms with E-state index in [1.165, 1.54) is 36.8 Å². The van der Waals surface area contributed by atoms with Gasteiger partial charge in [0.15, 0.2) is 0 Å². The van der Waals surface area contributed by atoms with E-state index in [1.54, 1.807) is 0 Å². The summed E-state index contributed by atoms with van der Waals surface area (Å²) in [5.41, 5.74) is 3.66. The summed E-state index contributed by atoms with van der Waals surface area (Å²) in [4.78, 5) is 4.64. The Morgan fingerprint density at radius 3 is 2.37 bits per heavy atom. The van der Waals surface area contributed by atoms with Crippen LogP contribution in [0.25, 0.3) is 11.3 Å². The Balaban J connectivity index is 1.79. The van der Waals surface area contributed by atoms with Gasteiger partial charge in [0.1, 0.15) is 0 Å². The highest BCUT2D eigenvalue weighted by Crippen LogP contribution is 2.36. The van der Waals surface area contributed by atoms with Gasteiger partial charge < -0.3 is 0 Å². The molecule has 0 bridgehead atoms. The lowest BCUT2D eigenvalue weighted by atomic mass is 9.87. The standard InChI is InChI=1S/C18H21N/c1-14(15-7-5-6-8-15)17-11-12-18(19-13-17)16-9-3-2-4-10-16/h2-4,9-15H,5-8H2,1H3. The first-order valence-corrected chi connectivity index (χ1v) is 7.36. The van der Waals surface area contributed by atoms with Gasteiger partial charge in [-0.2, -0.15) is 0 Å². The second-order valence-corrected chi connectivity index (χ2v) is 5.68. The summed E-state index contributed by atoms with van der Waals surface area (Å²) in [5.74, 6) is 1.52. The summed E-state index contributed by atoms with van der Waals surface area (Å²) >= 11 is 0. The number of hydrogen-bond donors (Lipinski definition) is 0. The summed E-state index contributed by atoms with van der Waals surface area (Å²) in [6.07, 6.45) is 7.67. The van der Waals surface area contributed by atoms with E-state index in [4.69, 9.17) is 0 Å². The highest BCUT2D eigenvalue weighted by molar-refractivity contribution is 5.58. The van der Waals surface area contributed by atoms with Crippen molar-refractivity contribution in [3.05, 3.63) is 54.2 Å². The molecule has 1 unspecified atom stereocenters. The maximum Gasteiger partial charge on any atom is 0.0702 e. The van der Waals surface area contributed by atoms with Gasteiger partial charge in [-0.05, 0) is 36.3 Å². The third kappa shape index (κ3) is 2.70. The van der Waals surface area contributed by atoms with Gasteiger partial charge >= 0.3 is 0 Å². The van der Waals surface area contributed by atoms with Crippen molar-refractivity contribution in [2.45, 2.75) is 38.5 Å². The summed E-state index contributed by atoms with van der Waals surface area (Å²) in [6, 6.07) is 14.8.